The Bertz CT molecular complexity index is 2680. The zero-order valence-corrected chi connectivity index (χ0v) is 41.4. The number of nitrogens with zero attached hydrogens (tertiary/aromatic N) is 10. The summed E-state index contributed by atoms with van der Waals surface area (Å²) in [6.07, 6.45) is 4.27. The minimum Gasteiger partial charge on any atom is -0.489 e. The monoisotopic (exact) mass is 961 g/mol. The summed E-state index contributed by atoms with van der Waals surface area (Å²) in [5, 5.41) is 27.8. The lowest BCUT2D eigenvalue weighted by molar-refractivity contribution is -0.164. The number of rotatable bonds is 10. The molecule has 4 aromatic rings. The first-order chi connectivity index (χ1) is 32.9. The number of nitrogens with one attached hydrogen (secondary N) is 1. The molecule has 1 unspecified atom stereocenters. The highest BCUT2D eigenvalue weighted by atomic mass is 35.5. The molecule has 1 aliphatic carbocycles. The van der Waals surface area contributed by atoms with Crippen LogP contribution in [0.4, 0.5) is 26.2 Å². The van der Waals surface area contributed by atoms with E-state index in [-0.39, 0.29) is 41.1 Å². The molecule has 6 heterocycles. The van der Waals surface area contributed by atoms with Crippen LogP contribution in [0.2, 0.25) is 5.02 Å². The number of carbonyl (C=O) groups excluding carboxylic acids is 2. The number of anilines is 3. The average Bonchev–Trinajstić information content (AvgIpc) is 3.71. The minimum atomic E-state index is -2.77. The predicted octanol–water partition coefficient (Wildman–Crippen LogP) is 8.65. The third-order valence-electron chi connectivity index (χ3n) is 16.0. The van der Waals surface area contributed by atoms with E-state index < -0.39 is 17.3 Å². The summed E-state index contributed by atoms with van der Waals surface area (Å²) in [6, 6.07) is 12.2. The number of ether oxygens (including phenoxy) is 1. The molecule has 1 saturated carbocycles. The third kappa shape index (κ3) is 8.99. The Hall–Kier alpha value is -5.84. The molecule has 14 nitrogen and oxygen atoms in total. The number of hydrogen-bond acceptors (Lipinski definition) is 11. The summed E-state index contributed by atoms with van der Waals surface area (Å²) in [7, 11) is 0. The highest BCUT2D eigenvalue weighted by Crippen LogP contribution is 2.56. The van der Waals surface area contributed by atoms with Crippen LogP contribution >= 0.6 is 11.6 Å². The second kappa shape index (κ2) is 18.8. The van der Waals surface area contributed by atoms with Crippen LogP contribution in [-0.4, -0.2) is 99.3 Å². The first-order valence-corrected chi connectivity index (χ1v) is 24.7. The van der Waals surface area contributed by atoms with Gasteiger partial charge in [0, 0.05) is 117 Å². The van der Waals surface area contributed by atoms with Crippen molar-refractivity contribution in [1.29, 1.82) is 10.5 Å². The van der Waals surface area contributed by atoms with Gasteiger partial charge in [-0.15, -0.1) is 0 Å². The van der Waals surface area contributed by atoms with Gasteiger partial charge in [0.05, 0.1) is 40.4 Å². The number of benzene rings is 2. The topological polar surface area (TPSA) is 160 Å². The molecule has 5 aliphatic rings. The standard InChI is InChI=1S/C52H62ClF2N11O3/c1-30-26-64(50-58-24-36(25-59-50)47(68)60-48-51(4,5)49(52(48,6)7)69-38-11-10-34(22-56)42(53)20-38)27-31(2)40(30)28-62-16-12-37(13-17-62)66-43-14-18-63(32(3)67)29-41(43)46(61-66)65-15-8-9-33-19-35(23-57)39(45(54)55)21-44(33)65/h10-11,19-21,24-25,30-31,37,40,45,48-49H,8-9,12-18,26-29H2,1-7H3,(H,60,68)/t30-,31+,40?,48?,49?. The van der Waals surface area contributed by atoms with Crippen molar-refractivity contribution in [3.8, 4) is 17.9 Å². The Kier molecular flexibility index (Phi) is 13.1. The maximum Gasteiger partial charge on any atom is 0.265 e. The Morgan fingerprint density at radius 1 is 0.942 bits per heavy atom. The number of halogens is 3. The van der Waals surface area contributed by atoms with Gasteiger partial charge in [0.2, 0.25) is 11.9 Å². The van der Waals surface area contributed by atoms with Crippen LogP contribution in [0.5, 0.6) is 5.75 Å². The maximum atomic E-state index is 14.2. The fourth-order valence-corrected chi connectivity index (χ4v) is 12.8. The van der Waals surface area contributed by atoms with Crippen molar-refractivity contribution < 1.29 is 23.1 Å². The highest BCUT2D eigenvalue weighted by Gasteiger charge is 2.64. The van der Waals surface area contributed by atoms with Gasteiger partial charge in [0.15, 0.2) is 5.82 Å². The predicted molar refractivity (Wildman–Crippen MR) is 259 cm³/mol. The number of fused-ring (bicyclic) bond motifs is 2. The summed E-state index contributed by atoms with van der Waals surface area (Å²) < 4.78 is 37.0. The van der Waals surface area contributed by atoms with Gasteiger partial charge < -0.3 is 29.7 Å². The molecule has 4 aliphatic heterocycles. The molecular weight excluding hydrogens is 900 g/mol. The summed E-state index contributed by atoms with van der Waals surface area (Å²) in [5.74, 6) is 2.92. The van der Waals surface area contributed by atoms with Crippen LogP contribution in [0.3, 0.4) is 0 Å². The molecule has 9 rings (SSSR count). The van der Waals surface area contributed by atoms with Crippen molar-refractivity contribution in [2.24, 2.45) is 28.6 Å². The van der Waals surface area contributed by atoms with Crippen molar-refractivity contribution in [3.63, 3.8) is 0 Å². The van der Waals surface area contributed by atoms with E-state index in [0.717, 1.165) is 74.6 Å². The van der Waals surface area contributed by atoms with Gasteiger partial charge in [-0.1, -0.05) is 53.1 Å². The van der Waals surface area contributed by atoms with Crippen LogP contribution < -0.4 is 19.9 Å². The quantitative estimate of drug-likeness (QED) is 0.162. The Morgan fingerprint density at radius 3 is 2.25 bits per heavy atom. The second-order valence-corrected chi connectivity index (χ2v) is 21.7. The van der Waals surface area contributed by atoms with E-state index in [2.05, 4.69) is 67.4 Å². The number of nitriles is 2. The Balaban J connectivity index is 0.813. The van der Waals surface area contributed by atoms with Crippen LogP contribution in [0.1, 0.15) is 124 Å². The maximum absolute atomic E-state index is 14.2. The van der Waals surface area contributed by atoms with Crippen LogP contribution in [0.25, 0.3) is 0 Å². The Morgan fingerprint density at radius 2 is 1.62 bits per heavy atom. The van der Waals surface area contributed by atoms with Crippen LogP contribution in [-0.2, 0) is 24.2 Å². The SMILES string of the molecule is CC(=O)N1CCc2c(c(N3CCCc4cc(C#N)c(C(F)F)cc43)nn2C2CCN(CC3[C@H](C)CN(c4ncc(C(=O)NC5C(C)(C)C(Oc6ccc(C#N)c(Cl)c6)C5(C)C)cn4)C[C@@H]3C)CC2)C1. The lowest BCUT2D eigenvalue weighted by Gasteiger charge is -2.63. The number of alkyl halides is 2. The van der Waals surface area contributed by atoms with Crippen LogP contribution in [0.15, 0.2) is 42.7 Å². The normalized spacial score (nSPS) is 24.4. The van der Waals surface area contributed by atoms with Gasteiger partial charge >= 0.3 is 0 Å². The van der Waals surface area contributed by atoms with Crippen molar-refractivity contribution in [2.45, 2.75) is 112 Å². The first-order valence-electron chi connectivity index (χ1n) is 24.3. The average molecular weight is 963 g/mol. The number of likely N-dealkylation sites (tertiary alicyclic amines) is 1. The van der Waals surface area contributed by atoms with Crippen molar-refractivity contribution in [2.75, 3.05) is 55.6 Å². The van der Waals surface area contributed by atoms with E-state index in [9.17, 15) is 28.9 Å². The second-order valence-electron chi connectivity index (χ2n) is 21.2. The first kappa shape index (κ1) is 48.2. The number of amides is 2. The molecule has 0 bridgehead atoms. The largest absolute Gasteiger partial charge is 0.489 e. The van der Waals surface area contributed by atoms with Gasteiger partial charge in [-0.2, -0.15) is 15.6 Å². The molecule has 364 valence electrons. The molecule has 3 atom stereocenters. The summed E-state index contributed by atoms with van der Waals surface area (Å²) in [5.41, 5.74) is 3.38. The van der Waals surface area contributed by atoms with Crippen molar-refractivity contribution in [3.05, 3.63) is 86.8 Å². The lowest BCUT2D eigenvalue weighted by atomic mass is 9.49. The molecule has 3 fully saturated rings. The number of carbonyl (C=O) groups is 2. The summed E-state index contributed by atoms with van der Waals surface area (Å²) >= 11 is 6.28. The molecule has 2 aromatic carbocycles. The van der Waals surface area contributed by atoms with E-state index in [4.69, 9.17) is 31.4 Å². The summed E-state index contributed by atoms with van der Waals surface area (Å²) in [6.45, 7) is 20.6. The molecule has 69 heavy (non-hydrogen) atoms. The fraction of sp³-hybridized carbons (Fsp3) is 0.558. The molecule has 2 aromatic heterocycles. The molecule has 2 saturated heterocycles. The van der Waals surface area contributed by atoms with E-state index in [0.29, 0.717) is 83.8 Å². The lowest BCUT2D eigenvalue weighted by Crippen LogP contribution is -2.74. The van der Waals surface area contributed by atoms with Gasteiger partial charge in [-0.3, -0.25) is 14.3 Å². The molecule has 0 spiro atoms. The van der Waals surface area contributed by atoms with Gasteiger partial charge in [0.1, 0.15) is 17.9 Å². The zero-order valence-electron chi connectivity index (χ0n) is 40.6. The van der Waals surface area contributed by atoms with Crippen molar-refractivity contribution in [1.82, 2.24) is 34.9 Å². The zero-order chi connectivity index (χ0) is 49.1. The van der Waals surface area contributed by atoms with Gasteiger partial charge in [-0.05, 0) is 73.3 Å². The number of piperidine rings is 2. The van der Waals surface area contributed by atoms with Crippen LogP contribution in [0, 0.1) is 51.2 Å². The van der Waals surface area contributed by atoms with E-state index in [1.807, 2.05) is 15.9 Å². The van der Waals surface area contributed by atoms with Crippen molar-refractivity contribution >= 4 is 40.9 Å². The Labute approximate surface area is 408 Å². The number of aryl methyl sites for hydroxylation is 1. The summed E-state index contributed by atoms with van der Waals surface area (Å²) in [4.78, 5) is 44.4. The minimum absolute atomic E-state index is 0.00113. The number of aromatic nitrogens is 4. The van der Waals surface area contributed by atoms with Gasteiger partial charge in [-0.25, -0.2) is 18.7 Å². The fourth-order valence-electron chi connectivity index (χ4n) is 12.5. The number of hydrogen-bond donors (Lipinski definition) is 1. The van der Waals surface area contributed by atoms with Gasteiger partial charge in [0.25, 0.3) is 12.3 Å². The highest BCUT2D eigenvalue weighted by molar-refractivity contribution is 6.31. The molecule has 0 radical (unpaired) electrons. The molecule has 17 heteroatoms. The molecule has 1 N–H and O–H groups in total. The van der Waals surface area contributed by atoms with E-state index >= 15 is 0 Å². The van der Waals surface area contributed by atoms with E-state index in [1.165, 1.54) is 6.07 Å². The molecule has 2 amide bonds. The third-order valence-corrected chi connectivity index (χ3v) is 16.3. The smallest absolute Gasteiger partial charge is 0.265 e. The molecular formula is C52H62ClF2N11O3. The van der Waals surface area contributed by atoms with E-state index in [1.54, 1.807) is 43.6 Å².